The molecule has 0 bridgehead atoms. The third-order valence-electron chi connectivity index (χ3n) is 6.44. The zero-order chi connectivity index (χ0) is 25.2. The maximum absolute atomic E-state index is 6.42. The van der Waals surface area contributed by atoms with Crippen molar-refractivity contribution in [2.45, 2.75) is 69.8 Å². The van der Waals surface area contributed by atoms with Crippen molar-refractivity contribution in [3.63, 3.8) is 0 Å². The molecular formula is C29H40BBrO2S2. The van der Waals surface area contributed by atoms with Gasteiger partial charge in [-0.3, -0.25) is 0 Å². The van der Waals surface area contributed by atoms with Crippen molar-refractivity contribution in [1.29, 1.82) is 0 Å². The molecule has 0 saturated carbocycles. The monoisotopic (exact) mass is 574 g/mol. The fourth-order valence-corrected chi connectivity index (χ4v) is 7.03. The van der Waals surface area contributed by atoms with Crippen molar-refractivity contribution in [1.82, 2.24) is 0 Å². The second kappa shape index (κ2) is 14.7. The zero-order valence-electron chi connectivity index (χ0n) is 21.9. The molecule has 3 atom stereocenters. The third-order valence-corrected chi connectivity index (χ3v) is 9.56. The molecule has 0 fully saturated rings. The van der Waals surface area contributed by atoms with E-state index in [0.717, 1.165) is 54.4 Å². The van der Waals surface area contributed by atoms with Crippen molar-refractivity contribution in [2.75, 3.05) is 13.7 Å². The molecule has 2 heterocycles. The minimum atomic E-state index is 0.457. The number of hydrogen-bond donors (Lipinski definition) is 0. The Bertz CT molecular complexity index is 954. The Labute approximate surface area is 231 Å². The van der Waals surface area contributed by atoms with Gasteiger partial charge in [0.15, 0.2) is 0 Å². The largest absolute Gasteiger partial charge is 0.496 e. The summed E-state index contributed by atoms with van der Waals surface area (Å²) in [6, 6.07) is 4.29. The Morgan fingerprint density at radius 2 is 1.63 bits per heavy atom. The average molecular weight is 575 g/mol. The summed E-state index contributed by atoms with van der Waals surface area (Å²) < 4.78 is 13.4. The van der Waals surface area contributed by atoms with E-state index in [-0.39, 0.29) is 0 Å². The summed E-state index contributed by atoms with van der Waals surface area (Å²) in [6.07, 6.45) is 20.7. The van der Waals surface area contributed by atoms with E-state index < -0.39 is 0 Å². The smallest absolute Gasteiger partial charge is 0.147 e. The Balaban J connectivity index is 1.72. The Morgan fingerprint density at radius 1 is 0.971 bits per heavy atom. The lowest BCUT2D eigenvalue weighted by atomic mass is 9.98. The van der Waals surface area contributed by atoms with Crippen LogP contribution >= 0.6 is 39.5 Å². The molecule has 0 radical (unpaired) electrons. The highest BCUT2D eigenvalue weighted by Gasteiger charge is 2.16. The van der Waals surface area contributed by atoms with Crippen molar-refractivity contribution in [2.24, 2.45) is 11.8 Å². The number of hydrogen-bond acceptors (Lipinski definition) is 4. The fraction of sp³-hybridized carbons (Fsp3) is 0.517. The van der Waals surface area contributed by atoms with Gasteiger partial charge in [0, 0.05) is 25.4 Å². The molecule has 35 heavy (non-hydrogen) atoms. The van der Waals surface area contributed by atoms with Gasteiger partial charge >= 0.3 is 0 Å². The number of methoxy groups -OCH3 is 1. The van der Waals surface area contributed by atoms with E-state index in [4.69, 9.17) is 9.47 Å². The molecule has 0 saturated heterocycles. The molecule has 3 unspecified atom stereocenters. The summed E-state index contributed by atoms with van der Waals surface area (Å²) in [4.78, 5) is 1.41. The van der Waals surface area contributed by atoms with Crippen molar-refractivity contribution in [3.05, 3.63) is 56.2 Å². The van der Waals surface area contributed by atoms with Crippen LogP contribution in [0.2, 0.25) is 0 Å². The summed E-state index contributed by atoms with van der Waals surface area (Å²) >= 11 is 7.40. The van der Waals surface area contributed by atoms with Gasteiger partial charge in [-0.15, -0.1) is 23.5 Å². The number of thioether (sulfide) groups is 2. The molecule has 2 nitrogen and oxygen atoms in total. The number of benzene rings is 1. The maximum atomic E-state index is 6.42. The molecule has 0 aromatic heterocycles. The molecule has 2 aliphatic rings. The molecule has 3 rings (SSSR count). The standard InChI is InChI=1S/C29H40BBrO2S2/c1-20(2)6-5-7-21(3)16-17-33-27-19-22(8-10-24-12-14-28(30)34-24)26(32-4)18-23(27)9-11-25-13-15-29(31)35-25/h8-11,14-15,18-21,24-25H,5-7,12-13,16-17,30H2,1-4H3/b10-8+,11-9+. The van der Waals surface area contributed by atoms with Gasteiger partial charge in [-0.2, -0.15) is 0 Å². The first-order valence-corrected chi connectivity index (χ1v) is 15.5. The average Bonchev–Trinajstić information content (AvgIpc) is 3.43. The van der Waals surface area contributed by atoms with E-state index in [9.17, 15) is 0 Å². The Kier molecular flexibility index (Phi) is 12.0. The first-order chi connectivity index (χ1) is 16.8. The lowest BCUT2D eigenvalue weighted by Crippen LogP contribution is -2.06. The second-order valence-corrected chi connectivity index (χ2v) is 14.2. The van der Waals surface area contributed by atoms with Crippen LogP contribution in [0.25, 0.3) is 12.2 Å². The summed E-state index contributed by atoms with van der Waals surface area (Å²) in [5.41, 5.74) is 2.16. The lowest BCUT2D eigenvalue weighted by molar-refractivity contribution is 0.275. The molecule has 1 aromatic carbocycles. The van der Waals surface area contributed by atoms with Gasteiger partial charge in [0.25, 0.3) is 0 Å². The SMILES string of the molecule is BC1=CCC(/C=C/c2cc(OCCC(C)CCCC(C)C)c(/C=C/C3CC=C(Br)S3)cc2OC)S1. The molecule has 0 aliphatic carbocycles. The van der Waals surface area contributed by atoms with E-state index in [1.165, 1.54) is 27.9 Å². The van der Waals surface area contributed by atoms with Gasteiger partial charge < -0.3 is 9.47 Å². The van der Waals surface area contributed by atoms with Crippen molar-refractivity contribution < 1.29 is 9.47 Å². The van der Waals surface area contributed by atoms with Crippen LogP contribution in [0.5, 0.6) is 11.5 Å². The van der Waals surface area contributed by atoms with Crippen molar-refractivity contribution in [3.8, 4) is 11.5 Å². The predicted molar refractivity (Wildman–Crippen MR) is 165 cm³/mol. The van der Waals surface area contributed by atoms with Crippen LogP contribution in [0.15, 0.2) is 45.1 Å². The molecule has 6 heteroatoms. The zero-order valence-corrected chi connectivity index (χ0v) is 25.1. The quantitative estimate of drug-likeness (QED) is 0.219. The molecule has 0 N–H and O–H groups in total. The van der Waals surface area contributed by atoms with Crippen LogP contribution < -0.4 is 9.47 Å². The lowest BCUT2D eigenvalue weighted by Gasteiger charge is -2.16. The van der Waals surface area contributed by atoms with Gasteiger partial charge in [-0.1, -0.05) is 81.3 Å². The minimum Gasteiger partial charge on any atom is -0.496 e. The molecule has 190 valence electrons. The van der Waals surface area contributed by atoms with Crippen molar-refractivity contribution >= 4 is 59.5 Å². The van der Waals surface area contributed by atoms with Gasteiger partial charge in [0.2, 0.25) is 0 Å². The normalized spacial score (nSPS) is 21.2. The van der Waals surface area contributed by atoms with Gasteiger partial charge in [-0.25, -0.2) is 0 Å². The predicted octanol–water partition coefficient (Wildman–Crippen LogP) is 8.67. The van der Waals surface area contributed by atoms with Crippen LogP contribution in [0, 0.1) is 11.8 Å². The van der Waals surface area contributed by atoms with E-state index in [1.807, 2.05) is 23.5 Å². The van der Waals surface area contributed by atoms with Crippen LogP contribution in [0.4, 0.5) is 0 Å². The Morgan fingerprint density at radius 3 is 2.23 bits per heavy atom. The number of allylic oxidation sites excluding steroid dienone is 2. The van der Waals surface area contributed by atoms with Gasteiger partial charge in [-0.05, 0) is 59.2 Å². The number of ether oxygens (including phenoxy) is 2. The topological polar surface area (TPSA) is 18.5 Å². The van der Waals surface area contributed by atoms with Gasteiger partial charge in [0.1, 0.15) is 19.3 Å². The molecule has 2 aliphatic heterocycles. The van der Waals surface area contributed by atoms with Crippen LogP contribution in [0.3, 0.4) is 0 Å². The van der Waals surface area contributed by atoms with E-state index in [0.29, 0.717) is 16.4 Å². The minimum absolute atomic E-state index is 0.457. The first kappa shape index (κ1) is 28.6. The highest BCUT2D eigenvalue weighted by molar-refractivity contribution is 9.14. The summed E-state index contributed by atoms with van der Waals surface area (Å²) in [6.45, 7) is 7.71. The Hall–Kier alpha value is -0.975. The number of halogens is 1. The molecule has 1 aromatic rings. The molecular weight excluding hydrogens is 535 g/mol. The molecule has 0 spiro atoms. The van der Waals surface area contributed by atoms with E-state index >= 15 is 0 Å². The van der Waals surface area contributed by atoms with E-state index in [2.05, 4.69) is 93.1 Å². The summed E-state index contributed by atoms with van der Waals surface area (Å²) in [5.74, 6) is 3.30. The fourth-order valence-electron chi connectivity index (χ4n) is 4.27. The van der Waals surface area contributed by atoms with E-state index in [1.54, 1.807) is 7.11 Å². The third kappa shape index (κ3) is 9.78. The molecule has 0 amide bonds. The van der Waals surface area contributed by atoms with Crippen LogP contribution in [-0.4, -0.2) is 32.1 Å². The summed E-state index contributed by atoms with van der Waals surface area (Å²) in [5, 5.41) is 0.958. The van der Waals surface area contributed by atoms with Gasteiger partial charge in [0.05, 0.1) is 13.7 Å². The highest BCUT2D eigenvalue weighted by atomic mass is 79.9. The number of rotatable bonds is 13. The first-order valence-electron chi connectivity index (χ1n) is 12.9. The second-order valence-electron chi connectivity index (χ2n) is 10.0. The van der Waals surface area contributed by atoms with Crippen LogP contribution in [0.1, 0.15) is 70.4 Å². The highest BCUT2D eigenvalue weighted by Crippen LogP contribution is 2.38. The van der Waals surface area contributed by atoms with Crippen LogP contribution in [-0.2, 0) is 0 Å². The maximum Gasteiger partial charge on any atom is 0.147 e. The summed E-state index contributed by atoms with van der Waals surface area (Å²) in [7, 11) is 3.94.